The third kappa shape index (κ3) is 3.16. The fourth-order valence-corrected chi connectivity index (χ4v) is 1.67. The zero-order valence-corrected chi connectivity index (χ0v) is 9.89. The minimum absolute atomic E-state index is 0.0805. The second kappa shape index (κ2) is 4.68. The third-order valence-electron chi connectivity index (χ3n) is 1.74. The summed E-state index contributed by atoms with van der Waals surface area (Å²) in [6.07, 6.45) is -5.64. The van der Waals surface area contributed by atoms with E-state index in [1.54, 1.807) is 18.2 Å². The van der Waals surface area contributed by atoms with Crippen molar-refractivity contribution in [2.24, 2.45) is 0 Å². The summed E-state index contributed by atoms with van der Waals surface area (Å²) in [6, 6.07) is 7.70. The van der Waals surface area contributed by atoms with Crippen LogP contribution in [0.1, 0.15) is 5.56 Å². The predicted molar refractivity (Wildman–Crippen MR) is 59.4 cm³/mol. The standard InChI is InChI=1S/C10H6F5I/c11-9(12,10(13,14)15)6-8(16)7-4-2-1-3-5-7/h1-6H/b8-6+. The Kier molecular flexibility index (Phi) is 3.92. The van der Waals surface area contributed by atoms with Crippen molar-refractivity contribution in [3.8, 4) is 0 Å². The van der Waals surface area contributed by atoms with Crippen LogP contribution in [0.2, 0.25) is 0 Å². The minimum Gasteiger partial charge on any atom is -0.191 e. The van der Waals surface area contributed by atoms with Crippen LogP contribution in [0.15, 0.2) is 36.4 Å². The smallest absolute Gasteiger partial charge is 0.191 e. The quantitative estimate of drug-likeness (QED) is 0.539. The molecule has 6 heteroatoms. The van der Waals surface area contributed by atoms with E-state index in [0.29, 0.717) is 5.56 Å². The summed E-state index contributed by atoms with van der Waals surface area (Å²) in [5.74, 6) is -4.81. The molecule has 0 fully saturated rings. The molecule has 0 N–H and O–H groups in total. The Morgan fingerprint density at radius 1 is 1.00 bits per heavy atom. The van der Waals surface area contributed by atoms with Crippen LogP contribution in [-0.4, -0.2) is 12.1 Å². The van der Waals surface area contributed by atoms with Gasteiger partial charge in [0.1, 0.15) is 0 Å². The van der Waals surface area contributed by atoms with Gasteiger partial charge in [-0.15, -0.1) is 0 Å². The maximum absolute atomic E-state index is 12.7. The first kappa shape index (κ1) is 13.4. The van der Waals surface area contributed by atoms with Crippen molar-refractivity contribution in [3.63, 3.8) is 0 Å². The average molecular weight is 348 g/mol. The van der Waals surface area contributed by atoms with Crippen molar-refractivity contribution in [1.82, 2.24) is 0 Å². The van der Waals surface area contributed by atoms with Gasteiger partial charge in [0.2, 0.25) is 0 Å². The predicted octanol–water partition coefficient (Wildman–Crippen LogP) is 4.66. The number of hydrogen-bond acceptors (Lipinski definition) is 0. The number of benzene rings is 1. The van der Waals surface area contributed by atoms with Gasteiger partial charge in [-0.1, -0.05) is 30.3 Å². The van der Waals surface area contributed by atoms with Crippen molar-refractivity contribution in [2.75, 3.05) is 0 Å². The monoisotopic (exact) mass is 348 g/mol. The van der Waals surface area contributed by atoms with Crippen molar-refractivity contribution in [1.29, 1.82) is 0 Å². The van der Waals surface area contributed by atoms with Gasteiger partial charge >= 0.3 is 12.1 Å². The lowest BCUT2D eigenvalue weighted by atomic mass is 10.2. The molecule has 1 aromatic rings. The lowest BCUT2D eigenvalue weighted by Gasteiger charge is -2.16. The second-order valence-corrected chi connectivity index (χ2v) is 4.14. The van der Waals surface area contributed by atoms with E-state index in [0.717, 1.165) is 0 Å². The zero-order valence-electron chi connectivity index (χ0n) is 7.73. The van der Waals surface area contributed by atoms with Crippen LogP contribution in [-0.2, 0) is 0 Å². The zero-order chi connectivity index (χ0) is 12.4. The molecule has 0 aromatic heterocycles. The van der Waals surface area contributed by atoms with Crippen LogP contribution in [0.4, 0.5) is 22.0 Å². The summed E-state index contributed by atoms with van der Waals surface area (Å²) in [5, 5.41) is 0. The Balaban J connectivity index is 3.03. The molecule has 0 aliphatic heterocycles. The molecular weight excluding hydrogens is 342 g/mol. The molecule has 0 amide bonds. The Morgan fingerprint density at radius 2 is 1.50 bits per heavy atom. The molecule has 1 rings (SSSR count). The van der Waals surface area contributed by atoms with Gasteiger partial charge in [0.25, 0.3) is 0 Å². The SMILES string of the molecule is FC(F)(F)C(F)(F)/C=C(/I)c1ccccc1. The minimum atomic E-state index is -5.56. The van der Waals surface area contributed by atoms with Gasteiger partial charge in [-0.05, 0) is 28.2 Å². The van der Waals surface area contributed by atoms with E-state index >= 15 is 0 Å². The molecule has 0 radical (unpaired) electrons. The molecular formula is C10H6F5I. The first-order chi connectivity index (χ1) is 7.24. The highest BCUT2D eigenvalue weighted by Gasteiger charge is 2.55. The molecule has 0 aliphatic carbocycles. The first-order valence-corrected chi connectivity index (χ1v) is 5.20. The lowest BCUT2D eigenvalue weighted by molar-refractivity contribution is -0.258. The highest BCUT2D eigenvalue weighted by atomic mass is 127. The van der Waals surface area contributed by atoms with Crippen molar-refractivity contribution < 1.29 is 22.0 Å². The summed E-state index contributed by atoms with van der Waals surface area (Å²) in [7, 11) is 0. The summed E-state index contributed by atoms with van der Waals surface area (Å²) in [4.78, 5) is 0. The molecule has 0 saturated heterocycles. The van der Waals surface area contributed by atoms with Gasteiger partial charge in [0, 0.05) is 9.66 Å². The van der Waals surface area contributed by atoms with Crippen LogP contribution in [0.5, 0.6) is 0 Å². The maximum atomic E-state index is 12.7. The molecule has 0 unspecified atom stereocenters. The third-order valence-corrected chi connectivity index (χ3v) is 2.67. The van der Waals surface area contributed by atoms with Crippen LogP contribution >= 0.6 is 22.6 Å². The lowest BCUT2D eigenvalue weighted by Crippen LogP contribution is -2.34. The van der Waals surface area contributed by atoms with Gasteiger partial charge in [0.05, 0.1) is 0 Å². The average Bonchev–Trinajstić information content (AvgIpc) is 2.16. The largest absolute Gasteiger partial charge is 0.457 e. The Bertz CT molecular complexity index is 380. The topological polar surface area (TPSA) is 0 Å². The molecule has 0 saturated carbocycles. The molecule has 0 nitrogen and oxygen atoms in total. The van der Waals surface area contributed by atoms with E-state index in [9.17, 15) is 22.0 Å². The summed E-state index contributed by atoms with van der Waals surface area (Å²) in [6.45, 7) is 0. The normalized spacial score (nSPS) is 14.0. The molecule has 0 aliphatic rings. The van der Waals surface area contributed by atoms with E-state index in [-0.39, 0.29) is 9.66 Å². The van der Waals surface area contributed by atoms with Gasteiger partial charge in [-0.25, -0.2) is 0 Å². The number of halogens is 6. The Hall–Kier alpha value is -0.660. The van der Waals surface area contributed by atoms with E-state index in [1.807, 2.05) is 0 Å². The van der Waals surface area contributed by atoms with Crippen LogP contribution in [0, 0.1) is 0 Å². The van der Waals surface area contributed by atoms with Gasteiger partial charge in [0.15, 0.2) is 0 Å². The second-order valence-electron chi connectivity index (χ2n) is 2.98. The summed E-state index contributed by atoms with van der Waals surface area (Å²) in [5.41, 5.74) is 0.326. The van der Waals surface area contributed by atoms with E-state index in [1.165, 1.54) is 34.7 Å². The van der Waals surface area contributed by atoms with Gasteiger partial charge in [-0.2, -0.15) is 22.0 Å². The van der Waals surface area contributed by atoms with Crippen molar-refractivity contribution in [2.45, 2.75) is 12.1 Å². The molecule has 0 atom stereocenters. The number of hydrogen-bond donors (Lipinski definition) is 0. The van der Waals surface area contributed by atoms with Gasteiger partial charge in [-0.3, -0.25) is 0 Å². The Morgan fingerprint density at radius 3 is 1.94 bits per heavy atom. The first-order valence-electron chi connectivity index (χ1n) is 4.12. The summed E-state index contributed by atoms with van der Waals surface area (Å²) >= 11 is 1.45. The van der Waals surface area contributed by atoms with Crippen LogP contribution in [0.3, 0.4) is 0 Å². The van der Waals surface area contributed by atoms with E-state index < -0.39 is 12.1 Å². The fourth-order valence-electron chi connectivity index (χ4n) is 0.922. The summed E-state index contributed by atoms with van der Waals surface area (Å²) < 4.78 is 60.9. The van der Waals surface area contributed by atoms with Gasteiger partial charge < -0.3 is 0 Å². The molecule has 88 valence electrons. The van der Waals surface area contributed by atoms with Crippen LogP contribution < -0.4 is 0 Å². The highest BCUT2D eigenvalue weighted by molar-refractivity contribution is 14.1. The maximum Gasteiger partial charge on any atom is 0.457 e. The van der Waals surface area contributed by atoms with E-state index in [2.05, 4.69) is 0 Å². The van der Waals surface area contributed by atoms with Crippen molar-refractivity contribution >= 4 is 26.2 Å². The number of alkyl halides is 5. The molecule has 1 aromatic carbocycles. The Labute approximate surface area is 102 Å². The molecule has 0 spiro atoms. The van der Waals surface area contributed by atoms with E-state index in [4.69, 9.17) is 0 Å². The van der Waals surface area contributed by atoms with Crippen molar-refractivity contribution in [3.05, 3.63) is 42.0 Å². The highest BCUT2D eigenvalue weighted by Crippen LogP contribution is 2.39. The number of allylic oxidation sites excluding steroid dienone is 1. The fraction of sp³-hybridized carbons (Fsp3) is 0.200. The number of rotatable bonds is 2. The molecule has 16 heavy (non-hydrogen) atoms. The molecule has 0 bridgehead atoms. The van der Waals surface area contributed by atoms with Crippen LogP contribution in [0.25, 0.3) is 3.58 Å². The molecule has 0 heterocycles.